The molecule has 0 amide bonds. The van der Waals surface area contributed by atoms with Crippen LogP contribution in [0.15, 0.2) is 16.6 Å². The Morgan fingerprint density at radius 3 is 2.71 bits per heavy atom. The standard InChI is InChI=1S/C11H10BrFO/c1-11(2)5-7-6(10(11)14)3-4-8(12)9(7)13/h3-4H,5H2,1-2H3. The summed E-state index contributed by atoms with van der Waals surface area (Å²) in [6.07, 6.45) is 0.493. The summed E-state index contributed by atoms with van der Waals surface area (Å²) in [6, 6.07) is 3.28. The second kappa shape index (κ2) is 2.89. The third kappa shape index (κ3) is 1.22. The fourth-order valence-electron chi connectivity index (χ4n) is 1.86. The van der Waals surface area contributed by atoms with Crippen LogP contribution in [0.2, 0.25) is 0 Å². The van der Waals surface area contributed by atoms with E-state index in [-0.39, 0.29) is 11.6 Å². The van der Waals surface area contributed by atoms with Gasteiger partial charge in [0.05, 0.1) is 4.47 Å². The third-order valence-corrected chi connectivity index (χ3v) is 3.29. The first-order valence-electron chi connectivity index (χ1n) is 4.45. The Bertz CT molecular complexity index is 424. The number of hydrogen-bond acceptors (Lipinski definition) is 1. The van der Waals surface area contributed by atoms with Gasteiger partial charge in [-0.25, -0.2) is 4.39 Å². The number of carbonyl (C=O) groups excluding carboxylic acids is 1. The summed E-state index contributed by atoms with van der Waals surface area (Å²) in [5.41, 5.74) is 0.634. The van der Waals surface area contributed by atoms with E-state index in [1.54, 1.807) is 12.1 Å². The number of rotatable bonds is 0. The molecule has 0 bridgehead atoms. The first kappa shape index (κ1) is 9.84. The fourth-order valence-corrected chi connectivity index (χ4v) is 2.24. The molecule has 1 aliphatic carbocycles. The largest absolute Gasteiger partial charge is 0.294 e. The summed E-state index contributed by atoms with van der Waals surface area (Å²) in [7, 11) is 0. The van der Waals surface area contributed by atoms with Crippen molar-refractivity contribution < 1.29 is 9.18 Å². The SMILES string of the molecule is CC1(C)Cc2c(ccc(Br)c2F)C1=O. The van der Waals surface area contributed by atoms with Gasteiger partial charge in [0.25, 0.3) is 0 Å². The lowest BCUT2D eigenvalue weighted by atomic mass is 9.89. The van der Waals surface area contributed by atoms with Gasteiger partial charge >= 0.3 is 0 Å². The minimum atomic E-state index is -0.454. The minimum absolute atomic E-state index is 0.0406. The van der Waals surface area contributed by atoms with Crippen LogP contribution in [0.1, 0.15) is 29.8 Å². The van der Waals surface area contributed by atoms with Crippen molar-refractivity contribution >= 4 is 21.7 Å². The highest BCUT2D eigenvalue weighted by Gasteiger charge is 2.39. The summed E-state index contributed by atoms with van der Waals surface area (Å²) in [6.45, 7) is 3.70. The number of Topliss-reactive ketones (excluding diaryl/α,β-unsaturated/α-hetero) is 1. The average Bonchev–Trinajstić information content (AvgIpc) is 2.33. The molecular weight excluding hydrogens is 247 g/mol. The molecule has 0 fully saturated rings. The molecule has 1 aromatic carbocycles. The van der Waals surface area contributed by atoms with Gasteiger partial charge < -0.3 is 0 Å². The molecule has 0 saturated heterocycles. The fraction of sp³-hybridized carbons (Fsp3) is 0.364. The van der Waals surface area contributed by atoms with E-state index >= 15 is 0 Å². The van der Waals surface area contributed by atoms with Crippen molar-refractivity contribution in [3.8, 4) is 0 Å². The molecule has 0 saturated carbocycles. The van der Waals surface area contributed by atoms with E-state index in [9.17, 15) is 9.18 Å². The summed E-state index contributed by atoms with van der Waals surface area (Å²) in [4.78, 5) is 11.8. The maximum absolute atomic E-state index is 13.6. The molecule has 3 heteroatoms. The molecule has 0 aliphatic heterocycles. The first-order chi connectivity index (χ1) is 6.43. The summed E-state index contributed by atoms with van der Waals surface area (Å²) >= 11 is 3.12. The van der Waals surface area contributed by atoms with Gasteiger partial charge in [-0.3, -0.25) is 4.79 Å². The molecule has 1 aromatic rings. The Hall–Kier alpha value is -0.700. The highest BCUT2D eigenvalue weighted by molar-refractivity contribution is 9.10. The molecule has 1 nitrogen and oxygen atoms in total. The summed E-state index contributed by atoms with van der Waals surface area (Å²) < 4.78 is 14.1. The third-order valence-electron chi connectivity index (χ3n) is 2.67. The van der Waals surface area contributed by atoms with Crippen molar-refractivity contribution in [3.05, 3.63) is 33.5 Å². The van der Waals surface area contributed by atoms with Crippen LogP contribution < -0.4 is 0 Å². The smallest absolute Gasteiger partial charge is 0.169 e. The Labute approximate surface area is 90.4 Å². The lowest BCUT2D eigenvalue weighted by Crippen LogP contribution is -2.18. The van der Waals surface area contributed by atoms with Crippen LogP contribution >= 0.6 is 15.9 Å². The van der Waals surface area contributed by atoms with Crippen molar-refractivity contribution in [3.63, 3.8) is 0 Å². The summed E-state index contributed by atoms with van der Waals surface area (Å²) in [5, 5.41) is 0. The van der Waals surface area contributed by atoms with Crippen molar-refractivity contribution in [2.24, 2.45) is 5.41 Å². The highest BCUT2D eigenvalue weighted by Crippen LogP contribution is 2.39. The maximum Gasteiger partial charge on any atom is 0.169 e. The van der Waals surface area contributed by atoms with E-state index in [1.165, 1.54) is 0 Å². The summed E-state index contributed by atoms with van der Waals surface area (Å²) in [5.74, 6) is -0.250. The van der Waals surface area contributed by atoms with Crippen molar-refractivity contribution in [1.29, 1.82) is 0 Å². The zero-order chi connectivity index (χ0) is 10.5. The molecule has 1 aliphatic rings. The molecule has 0 unspecified atom stereocenters. The van der Waals surface area contributed by atoms with Crippen molar-refractivity contribution in [1.82, 2.24) is 0 Å². The number of ketones is 1. The molecule has 0 N–H and O–H groups in total. The second-order valence-electron chi connectivity index (χ2n) is 4.28. The van der Waals surface area contributed by atoms with Gasteiger partial charge in [-0.15, -0.1) is 0 Å². The van der Waals surface area contributed by atoms with Gasteiger partial charge in [0.1, 0.15) is 5.82 Å². The van der Waals surface area contributed by atoms with Crippen LogP contribution in [0.3, 0.4) is 0 Å². The molecule has 0 atom stereocenters. The highest BCUT2D eigenvalue weighted by atomic mass is 79.9. The van der Waals surface area contributed by atoms with Crippen LogP contribution in [-0.2, 0) is 6.42 Å². The Morgan fingerprint density at radius 2 is 2.07 bits per heavy atom. The molecule has 74 valence electrons. The van der Waals surface area contributed by atoms with Crippen LogP contribution in [0.4, 0.5) is 4.39 Å². The Balaban J connectivity index is 2.65. The predicted molar refractivity (Wildman–Crippen MR) is 55.9 cm³/mol. The Morgan fingerprint density at radius 1 is 1.43 bits per heavy atom. The van der Waals surface area contributed by atoms with E-state index in [0.29, 0.717) is 22.0 Å². The second-order valence-corrected chi connectivity index (χ2v) is 5.13. The van der Waals surface area contributed by atoms with Gasteiger partial charge in [0.15, 0.2) is 5.78 Å². The normalized spacial score (nSPS) is 18.4. The number of carbonyl (C=O) groups is 1. The minimum Gasteiger partial charge on any atom is -0.294 e. The van der Waals surface area contributed by atoms with Crippen LogP contribution in [0.5, 0.6) is 0 Å². The van der Waals surface area contributed by atoms with Gasteiger partial charge in [0.2, 0.25) is 0 Å². The number of fused-ring (bicyclic) bond motifs is 1. The number of hydrogen-bond donors (Lipinski definition) is 0. The number of halogens is 2. The van der Waals surface area contributed by atoms with E-state index in [0.717, 1.165) is 0 Å². The zero-order valence-electron chi connectivity index (χ0n) is 8.03. The monoisotopic (exact) mass is 256 g/mol. The van der Waals surface area contributed by atoms with E-state index in [1.807, 2.05) is 13.8 Å². The van der Waals surface area contributed by atoms with Gasteiger partial charge in [0, 0.05) is 16.5 Å². The first-order valence-corrected chi connectivity index (χ1v) is 5.24. The zero-order valence-corrected chi connectivity index (χ0v) is 9.61. The maximum atomic E-state index is 13.6. The van der Waals surface area contributed by atoms with E-state index in [2.05, 4.69) is 15.9 Å². The molecule has 0 aromatic heterocycles. The molecule has 14 heavy (non-hydrogen) atoms. The molecular formula is C11H10BrFO. The lowest BCUT2D eigenvalue weighted by molar-refractivity contribution is 0.0863. The average molecular weight is 257 g/mol. The van der Waals surface area contributed by atoms with Crippen molar-refractivity contribution in [2.45, 2.75) is 20.3 Å². The molecule has 0 heterocycles. The van der Waals surface area contributed by atoms with Crippen LogP contribution in [-0.4, -0.2) is 5.78 Å². The van der Waals surface area contributed by atoms with E-state index in [4.69, 9.17) is 0 Å². The quantitative estimate of drug-likeness (QED) is 0.696. The van der Waals surface area contributed by atoms with Gasteiger partial charge in [-0.2, -0.15) is 0 Å². The van der Waals surface area contributed by atoms with Gasteiger partial charge in [-0.05, 0) is 34.5 Å². The van der Waals surface area contributed by atoms with E-state index < -0.39 is 5.41 Å². The van der Waals surface area contributed by atoms with Crippen LogP contribution in [0.25, 0.3) is 0 Å². The molecule has 2 rings (SSSR count). The molecule has 0 spiro atoms. The lowest BCUT2D eigenvalue weighted by Gasteiger charge is -2.13. The van der Waals surface area contributed by atoms with Crippen LogP contribution in [0, 0.1) is 11.2 Å². The molecule has 0 radical (unpaired) electrons. The Kier molecular flexibility index (Phi) is 2.03. The van der Waals surface area contributed by atoms with Crippen molar-refractivity contribution in [2.75, 3.05) is 0 Å². The topological polar surface area (TPSA) is 17.1 Å². The van der Waals surface area contributed by atoms with Gasteiger partial charge in [-0.1, -0.05) is 13.8 Å². The number of benzene rings is 1. The predicted octanol–water partition coefficient (Wildman–Crippen LogP) is 3.35.